The Morgan fingerprint density at radius 2 is 1.70 bits per heavy atom. The molecule has 5 aromatic rings. The van der Waals surface area contributed by atoms with Crippen LogP contribution in [-0.4, -0.2) is 78.7 Å². The number of carbonyl (C=O) groups is 1. The molecule has 2 aliphatic rings. The van der Waals surface area contributed by atoms with Crippen LogP contribution in [-0.2, 0) is 4.79 Å². The van der Waals surface area contributed by atoms with Crippen LogP contribution in [0, 0.1) is 0 Å². The van der Waals surface area contributed by atoms with Crippen LogP contribution < -0.4 is 24.4 Å². The van der Waals surface area contributed by atoms with Gasteiger partial charge >= 0.3 is 0 Å². The minimum absolute atomic E-state index is 0.288. The third-order valence-electron chi connectivity index (χ3n) is 9.06. The molecule has 10 nitrogen and oxygen atoms in total. The standard InChI is InChI=1S/C34H32Cl2N6O4/c1-6-30(43)39-24-11-21(27(44-3)13-26(24)42-17-19-10-20(42)16-40(19)2)23-12-25-18(15-38-23)9-22(34-37-7-8-41(25)34)31-32(35)28(45-4)14-29(46-5)33(31)36/h6-9,11-15,19-20H,1,10,16-17H2,2-5H3,(H,39,43). The van der Waals surface area contributed by atoms with Crippen LogP contribution in [0.5, 0.6) is 17.2 Å². The van der Waals surface area contributed by atoms with Gasteiger partial charge in [0.15, 0.2) is 0 Å². The Balaban J connectivity index is 1.38. The molecule has 2 unspecified atom stereocenters. The predicted molar refractivity (Wildman–Crippen MR) is 182 cm³/mol. The maximum atomic E-state index is 12.6. The van der Waals surface area contributed by atoms with Crippen molar-refractivity contribution in [2.75, 3.05) is 51.7 Å². The second-order valence-electron chi connectivity index (χ2n) is 11.5. The van der Waals surface area contributed by atoms with Gasteiger partial charge in [-0.3, -0.25) is 19.1 Å². The van der Waals surface area contributed by atoms with Crippen LogP contribution in [0.25, 0.3) is 38.9 Å². The molecule has 236 valence electrons. The van der Waals surface area contributed by atoms with E-state index in [1.54, 1.807) is 25.6 Å². The molecular formula is C34H32Cl2N6O4. The lowest BCUT2D eigenvalue weighted by Crippen LogP contribution is -2.44. The summed E-state index contributed by atoms with van der Waals surface area (Å²) in [7, 11) is 6.89. The first-order valence-corrected chi connectivity index (χ1v) is 15.5. The van der Waals surface area contributed by atoms with Crippen molar-refractivity contribution in [1.82, 2.24) is 19.3 Å². The molecule has 0 radical (unpaired) electrons. The van der Waals surface area contributed by atoms with Crippen molar-refractivity contribution in [2.24, 2.45) is 0 Å². The molecule has 12 heteroatoms. The summed E-state index contributed by atoms with van der Waals surface area (Å²) in [6.45, 7) is 5.50. The summed E-state index contributed by atoms with van der Waals surface area (Å²) < 4.78 is 18.9. The van der Waals surface area contributed by atoms with Crippen LogP contribution in [0.1, 0.15) is 6.42 Å². The normalized spacial score (nSPS) is 17.6. The van der Waals surface area contributed by atoms with Gasteiger partial charge in [0.25, 0.3) is 0 Å². The van der Waals surface area contributed by atoms with Gasteiger partial charge in [0.05, 0.1) is 54.0 Å². The first-order valence-electron chi connectivity index (χ1n) is 14.7. The molecule has 2 aromatic carbocycles. The van der Waals surface area contributed by atoms with Gasteiger partial charge < -0.3 is 24.4 Å². The van der Waals surface area contributed by atoms with Crippen molar-refractivity contribution in [2.45, 2.75) is 18.5 Å². The molecule has 5 heterocycles. The van der Waals surface area contributed by atoms with Crippen molar-refractivity contribution >= 4 is 57.0 Å². The first-order chi connectivity index (χ1) is 22.3. The lowest BCUT2D eigenvalue weighted by Gasteiger charge is -2.35. The quantitative estimate of drug-likeness (QED) is 0.187. The van der Waals surface area contributed by atoms with Gasteiger partial charge in [-0.25, -0.2) is 4.98 Å². The number of hydrogen-bond acceptors (Lipinski definition) is 8. The van der Waals surface area contributed by atoms with E-state index >= 15 is 0 Å². The van der Waals surface area contributed by atoms with E-state index in [1.807, 2.05) is 34.9 Å². The molecule has 7 rings (SSSR count). The number of anilines is 2. The Morgan fingerprint density at radius 3 is 2.33 bits per heavy atom. The van der Waals surface area contributed by atoms with Gasteiger partial charge in [-0.15, -0.1) is 0 Å². The molecule has 46 heavy (non-hydrogen) atoms. The smallest absolute Gasteiger partial charge is 0.247 e. The molecule has 2 atom stereocenters. The summed E-state index contributed by atoms with van der Waals surface area (Å²) in [5, 5.41) is 4.55. The predicted octanol–water partition coefficient (Wildman–Crippen LogP) is 6.57. The number of fused-ring (bicyclic) bond motifs is 5. The zero-order valence-electron chi connectivity index (χ0n) is 25.8. The third-order valence-corrected chi connectivity index (χ3v) is 9.81. The summed E-state index contributed by atoms with van der Waals surface area (Å²) >= 11 is 13.6. The number of pyridine rings is 2. The highest BCUT2D eigenvalue weighted by molar-refractivity contribution is 6.41. The minimum atomic E-state index is -0.288. The Bertz CT molecular complexity index is 2020. The van der Waals surface area contributed by atoms with Crippen LogP contribution in [0.2, 0.25) is 10.0 Å². The largest absolute Gasteiger partial charge is 0.496 e. The van der Waals surface area contributed by atoms with Gasteiger partial charge in [-0.1, -0.05) is 29.8 Å². The maximum Gasteiger partial charge on any atom is 0.247 e. The van der Waals surface area contributed by atoms with Crippen LogP contribution in [0.15, 0.2) is 61.6 Å². The number of aromatic nitrogens is 3. The monoisotopic (exact) mass is 658 g/mol. The van der Waals surface area contributed by atoms with Gasteiger partial charge in [0.1, 0.15) is 22.9 Å². The van der Waals surface area contributed by atoms with E-state index in [0.29, 0.717) is 67.5 Å². The molecule has 2 bridgehead atoms. The number of piperazine rings is 1. The third kappa shape index (κ3) is 4.79. The summed E-state index contributed by atoms with van der Waals surface area (Å²) in [4.78, 5) is 26.9. The average Bonchev–Trinajstić information content (AvgIpc) is 3.81. The number of rotatable bonds is 8. The van der Waals surface area contributed by atoms with Gasteiger partial charge in [-0.05, 0) is 37.7 Å². The van der Waals surface area contributed by atoms with Crippen LogP contribution in [0.4, 0.5) is 11.4 Å². The van der Waals surface area contributed by atoms with Crippen molar-refractivity contribution < 1.29 is 19.0 Å². The summed E-state index contributed by atoms with van der Waals surface area (Å²) in [5.41, 5.74) is 5.72. The highest BCUT2D eigenvalue weighted by Gasteiger charge is 2.42. The zero-order valence-corrected chi connectivity index (χ0v) is 27.3. The number of likely N-dealkylation sites (tertiary alicyclic amines) is 1. The Labute approximate surface area is 276 Å². The fourth-order valence-electron chi connectivity index (χ4n) is 6.77. The number of ether oxygens (including phenoxy) is 3. The summed E-state index contributed by atoms with van der Waals surface area (Å²) in [5.74, 6) is 1.22. The van der Waals surface area contributed by atoms with E-state index in [2.05, 4.69) is 33.7 Å². The van der Waals surface area contributed by atoms with Gasteiger partial charge in [0.2, 0.25) is 5.91 Å². The van der Waals surface area contributed by atoms with Gasteiger partial charge in [-0.2, -0.15) is 0 Å². The van der Waals surface area contributed by atoms with E-state index in [-0.39, 0.29) is 5.91 Å². The second kappa shape index (κ2) is 11.7. The Morgan fingerprint density at radius 1 is 0.957 bits per heavy atom. The number of nitrogens with one attached hydrogen (secondary N) is 1. The molecule has 1 amide bonds. The average molecular weight is 660 g/mol. The Hall–Kier alpha value is -4.51. The molecule has 0 spiro atoms. The van der Waals surface area contributed by atoms with E-state index in [4.69, 9.17) is 42.4 Å². The lowest BCUT2D eigenvalue weighted by atomic mass is 10.0. The van der Waals surface area contributed by atoms with E-state index in [0.717, 1.165) is 41.7 Å². The number of benzene rings is 2. The minimum Gasteiger partial charge on any atom is -0.496 e. The Kier molecular flexibility index (Phi) is 7.67. The zero-order chi connectivity index (χ0) is 32.3. The molecule has 0 aliphatic carbocycles. The maximum absolute atomic E-state index is 12.6. The molecule has 2 saturated heterocycles. The van der Waals surface area contributed by atoms with E-state index < -0.39 is 0 Å². The first kappa shape index (κ1) is 30.2. The highest BCUT2D eigenvalue weighted by Crippen LogP contribution is 2.48. The molecule has 0 saturated carbocycles. The number of likely N-dealkylation sites (N-methyl/N-ethyl adjacent to an activating group) is 1. The highest BCUT2D eigenvalue weighted by atomic mass is 35.5. The van der Waals surface area contributed by atoms with Gasteiger partial charge in [0, 0.05) is 78.0 Å². The topological polar surface area (TPSA) is 93.5 Å². The second-order valence-corrected chi connectivity index (χ2v) is 12.2. The molecule has 2 aliphatic heterocycles. The molecular weight excluding hydrogens is 627 g/mol. The van der Waals surface area contributed by atoms with Crippen molar-refractivity contribution in [3.8, 4) is 39.6 Å². The summed E-state index contributed by atoms with van der Waals surface area (Å²) in [6, 6.07) is 10.4. The van der Waals surface area contributed by atoms with Crippen LogP contribution in [0.3, 0.4) is 0 Å². The fourth-order valence-corrected chi connectivity index (χ4v) is 7.47. The van der Waals surface area contributed by atoms with E-state index in [1.165, 1.54) is 20.3 Å². The van der Waals surface area contributed by atoms with E-state index in [9.17, 15) is 4.79 Å². The lowest BCUT2D eigenvalue weighted by molar-refractivity contribution is -0.111. The number of carbonyl (C=O) groups excluding carboxylic acids is 1. The summed E-state index contributed by atoms with van der Waals surface area (Å²) in [6.07, 6.45) is 7.74. The number of imidazole rings is 1. The SMILES string of the molecule is C=CC(=O)Nc1cc(-c2cc3c(cn2)cc(-c2c(Cl)c(OC)cc(OC)c2Cl)c2nccn23)c(OC)cc1N1CC2CC1CN2C. The number of halogens is 2. The number of amides is 1. The van der Waals surface area contributed by atoms with Crippen LogP contribution >= 0.6 is 23.2 Å². The molecule has 1 N–H and O–H groups in total. The number of nitrogens with zero attached hydrogens (tertiary/aromatic N) is 5. The molecule has 2 fully saturated rings. The number of methoxy groups -OCH3 is 3. The fraction of sp³-hybridized carbons (Fsp3) is 0.265. The van der Waals surface area contributed by atoms with Crippen molar-refractivity contribution in [3.63, 3.8) is 0 Å². The van der Waals surface area contributed by atoms with Crippen molar-refractivity contribution in [1.29, 1.82) is 0 Å². The number of hydrogen-bond donors (Lipinski definition) is 1. The van der Waals surface area contributed by atoms with Crippen molar-refractivity contribution in [3.05, 3.63) is 71.6 Å². The molecule has 3 aromatic heterocycles.